The Morgan fingerprint density at radius 2 is 2.00 bits per heavy atom. The number of anilines is 2. The SMILES string of the molecule is NC(=O)c1cc(N2CCCC(C(F)(F)F)C2)c(F)cc1N. The number of amides is 1. The standard InChI is InChI=1S/C13H15F4N3O/c14-9-5-10(18)8(12(19)21)4-11(9)20-3-1-2-7(6-20)13(15,16)17/h4-5,7H,1-3,6,18H2,(H2,19,21). The molecule has 8 heteroatoms. The van der Waals surface area contributed by atoms with Crippen LogP contribution in [0.1, 0.15) is 23.2 Å². The van der Waals surface area contributed by atoms with E-state index in [9.17, 15) is 22.4 Å². The maximum atomic E-state index is 13.9. The highest BCUT2D eigenvalue weighted by atomic mass is 19.4. The first-order chi connectivity index (χ1) is 9.70. The molecule has 1 aliphatic rings. The average molecular weight is 305 g/mol. The van der Waals surface area contributed by atoms with Gasteiger partial charge in [0.05, 0.1) is 17.2 Å². The van der Waals surface area contributed by atoms with Crippen LogP contribution in [0.5, 0.6) is 0 Å². The summed E-state index contributed by atoms with van der Waals surface area (Å²) >= 11 is 0. The van der Waals surface area contributed by atoms with Crippen molar-refractivity contribution in [1.29, 1.82) is 0 Å². The fourth-order valence-corrected chi connectivity index (χ4v) is 2.50. The second-order valence-electron chi connectivity index (χ2n) is 5.08. The summed E-state index contributed by atoms with van der Waals surface area (Å²) in [7, 11) is 0. The van der Waals surface area contributed by atoms with Gasteiger partial charge in [-0.15, -0.1) is 0 Å². The van der Waals surface area contributed by atoms with E-state index in [1.807, 2.05) is 0 Å². The van der Waals surface area contributed by atoms with Gasteiger partial charge in [-0.2, -0.15) is 13.2 Å². The molecule has 2 rings (SSSR count). The molecule has 0 radical (unpaired) electrons. The lowest BCUT2D eigenvalue weighted by molar-refractivity contribution is -0.176. The molecule has 0 bridgehead atoms. The number of primary amides is 1. The maximum Gasteiger partial charge on any atom is 0.393 e. The smallest absolute Gasteiger partial charge is 0.393 e. The van der Waals surface area contributed by atoms with E-state index >= 15 is 0 Å². The Morgan fingerprint density at radius 3 is 2.57 bits per heavy atom. The summed E-state index contributed by atoms with van der Waals surface area (Å²) in [6.45, 7) is -0.0613. The van der Waals surface area contributed by atoms with E-state index in [1.54, 1.807) is 0 Å². The van der Waals surface area contributed by atoms with E-state index in [4.69, 9.17) is 11.5 Å². The zero-order chi connectivity index (χ0) is 15.8. The summed E-state index contributed by atoms with van der Waals surface area (Å²) in [5.74, 6) is -3.13. The van der Waals surface area contributed by atoms with Crippen molar-refractivity contribution in [3.8, 4) is 0 Å². The van der Waals surface area contributed by atoms with Crippen LogP contribution in [-0.2, 0) is 0 Å². The maximum absolute atomic E-state index is 13.9. The van der Waals surface area contributed by atoms with Crippen molar-refractivity contribution < 1.29 is 22.4 Å². The van der Waals surface area contributed by atoms with Gasteiger partial charge in [0.25, 0.3) is 5.91 Å². The molecular weight excluding hydrogens is 290 g/mol. The Balaban J connectivity index is 2.33. The number of benzene rings is 1. The van der Waals surface area contributed by atoms with Crippen LogP contribution in [0.3, 0.4) is 0 Å². The van der Waals surface area contributed by atoms with Crippen molar-refractivity contribution in [2.24, 2.45) is 11.7 Å². The van der Waals surface area contributed by atoms with Crippen LogP contribution in [-0.4, -0.2) is 25.2 Å². The summed E-state index contributed by atoms with van der Waals surface area (Å²) in [6, 6.07) is 2.03. The minimum absolute atomic E-state index is 0.0132. The van der Waals surface area contributed by atoms with Crippen molar-refractivity contribution in [2.45, 2.75) is 19.0 Å². The first-order valence-electron chi connectivity index (χ1n) is 6.40. The van der Waals surface area contributed by atoms with Crippen molar-refractivity contribution in [2.75, 3.05) is 23.7 Å². The number of nitrogens with two attached hydrogens (primary N) is 2. The van der Waals surface area contributed by atoms with Crippen LogP contribution in [0, 0.1) is 11.7 Å². The topological polar surface area (TPSA) is 72.4 Å². The number of alkyl halides is 3. The lowest BCUT2D eigenvalue weighted by Crippen LogP contribution is -2.42. The molecule has 1 unspecified atom stereocenters. The molecule has 1 amide bonds. The molecule has 1 saturated heterocycles. The van der Waals surface area contributed by atoms with Crippen LogP contribution in [0.4, 0.5) is 28.9 Å². The van der Waals surface area contributed by atoms with Gasteiger partial charge in [-0.05, 0) is 25.0 Å². The lowest BCUT2D eigenvalue weighted by Gasteiger charge is -2.35. The molecule has 116 valence electrons. The zero-order valence-electron chi connectivity index (χ0n) is 11.1. The molecule has 1 aromatic carbocycles. The first-order valence-corrected chi connectivity index (χ1v) is 6.40. The summed E-state index contributed by atoms with van der Waals surface area (Å²) in [4.78, 5) is 12.5. The molecule has 4 N–H and O–H groups in total. The van der Waals surface area contributed by atoms with E-state index in [0.29, 0.717) is 6.42 Å². The minimum atomic E-state index is -4.32. The summed E-state index contributed by atoms with van der Waals surface area (Å²) in [5.41, 5.74) is 10.3. The normalized spacial score (nSPS) is 19.6. The summed E-state index contributed by atoms with van der Waals surface area (Å²) in [6.07, 6.45) is -4.02. The number of carbonyl (C=O) groups excluding carboxylic acids is 1. The Hall–Kier alpha value is -1.99. The Kier molecular flexibility index (Phi) is 3.97. The van der Waals surface area contributed by atoms with Crippen LogP contribution in [0.15, 0.2) is 12.1 Å². The second kappa shape index (κ2) is 5.42. The molecule has 1 aliphatic heterocycles. The number of nitrogen functional groups attached to an aromatic ring is 1. The zero-order valence-corrected chi connectivity index (χ0v) is 11.1. The van der Waals surface area contributed by atoms with Gasteiger partial charge in [-0.25, -0.2) is 4.39 Å². The third-order valence-corrected chi connectivity index (χ3v) is 3.61. The molecular formula is C13H15F4N3O. The molecule has 21 heavy (non-hydrogen) atoms. The molecule has 0 aromatic heterocycles. The van der Waals surface area contributed by atoms with Crippen molar-refractivity contribution in [3.63, 3.8) is 0 Å². The van der Waals surface area contributed by atoms with Crippen LogP contribution < -0.4 is 16.4 Å². The van der Waals surface area contributed by atoms with Crippen LogP contribution in [0.25, 0.3) is 0 Å². The van der Waals surface area contributed by atoms with Gasteiger partial charge in [-0.3, -0.25) is 4.79 Å². The van der Waals surface area contributed by atoms with E-state index in [0.717, 1.165) is 12.1 Å². The Labute approximate surface area is 118 Å². The molecule has 0 spiro atoms. The van der Waals surface area contributed by atoms with Crippen LogP contribution in [0.2, 0.25) is 0 Å². The number of nitrogens with zero attached hydrogens (tertiary/aromatic N) is 1. The second-order valence-corrected chi connectivity index (χ2v) is 5.08. The van der Waals surface area contributed by atoms with Gasteiger partial charge in [0.1, 0.15) is 5.82 Å². The number of rotatable bonds is 2. The molecule has 1 aromatic rings. The molecule has 1 fully saturated rings. The molecule has 0 saturated carbocycles. The minimum Gasteiger partial charge on any atom is -0.398 e. The fourth-order valence-electron chi connectivity index (χ4n) is 2.50. The molecule has 0 aliphatic carbocycles. The van der Waals surface area contributed by atoms with Crippen molar-refractivity contribution >= 4 is 17.3 Å². The monoisotopic (exact) mass is 305 g/mol. The highest BCUT2D eigenvalue weighted by Crippen LogP contribution is 2.36. The van der Waals surface area contributed by atoms with Crippen LogP contribution >= 0.6 is 0 Å². The number of hydrogen-bond acceptors (Lipinski definition) is 3. The third-order valence-electron chi connectivity index (χ3n) is 3.61. The van der Waals surface area contributed by atoms with Gasteiger partial charge in [0.15, 0.2) is 0 Å². The summed E-state index contributed by atoms with van der Waals surface area (Å²) in [5, 5.41) is 0. The van der Waals surface area contributed by atoms with E-state index in [-0.39, 0.29) is 36.4 Å². The quantitative estimate of drug-likeness (QED) is 0.650. The first kappa shape index (κ1) is 15.4. The Morgan fingerprint density at radius 1 is 1.33 bits per heavy atom. The predicted octanol–water partition coefficient (Wildman–Crippen LogP) is 2.29. The van der Waals surface area contributed by atoms with E-state index < -0.39 is 23.8 Å². The highest BCUT2D eigenvalue weighted by molar-refractivity contribution is 5.99. The van der Waals surface area contributed by atoms with E-state index in [2.05, 4.69) is 0 Å². The van der Waals surface area contributed by atoms with Crippen molar-refractivity contribution in [3.05, 3.63) is 23.5 Å². The number of halogens is 4. The fraction of sp³-hybridized carbons (Fsp3) is 0.462. The molecule has 1 heterocycles. The average Bonchev–Trinajstić information content (AvgIpc) is 2.37. The summed E-state index contributed by atoms with van der Waals surface area (Å²) < 4.78 is 52.3. The van der Waals surface area contributed by atoms with Gasteiger partial charge in [0, 0.05) is 18.8 Å². The van der Waals surface area contributed by atoms with E-state index in [1.165, 1.54) is 4.90 Å². The van der Waals surface area contributed by atoms with Gasteiger partial charge >= 0.3 is 6.18 Å². The number of piperidine rings is 1. The number of carbonyl (C=O) groups is 1. The third kappa shape index (κ3) is 3.20. The molecule has 4 nitrogen and oxygen atoms in total. The van der Waals surface area contributed by atoms with Gasteiger partial charge in [0.2, 0.25) is 0 Å². The predicted molar refractivity (Wildman–Crippen MR) is 70.3 cm³/mol. The van der Waals surface area contributed by atoms with Gasteiger partial charge in [-0.1, -0.05) is 0 Å². The van der Waals surface area contributed by atoms with Crippen molar-refractivity contribution in [1.82, 2.24) is 0 Å². The Bertz CT molecular complexity index is 559. The molecule has 1 atom stereocenters. The number of hydrogen-bond donors (Lipinski definition) is 2. The highest BCUT2D eigenvalue weighted by Gasteiger charge is 2.42. The largest absolute Gasteiger partial charge is 0.398 e. The van der Waals surface area contributed by atoms with Gasteiger partial charge < -0.3 is 16.4 Å². The lowest BCUT2D eigenvalue weighted by atomic mass is 9.96.